The second kappa shape index (κ2) is 17.9. The van der Waals surface area contributed by atoms with Gasteiger partial charge < -0.3 is 35.2 Å². The van der Waals surface area contributed by atoms with Crippen molar-refractivity contribution in [2.45, 2.75) is 94.1 Å². The number of likely N-dealkylation sites (tertiary alicyclic amines) is 1. The van der Waals surface area contributed by atoms with E-state index in [4.69, 9.17) is 25.0 Å². The summed E-state index contributed by atoms with van der Waals surface area (Å²) in [6.45, 7) is 2.74. The predicted molar refractivity (Wildman–Crippen MR) is 236 cm³/mol. The number of nitrogens with zero attached hydrogens (tertiary/aromatic N) is 4. The SMILES string of the molecule is CON=C1CN(C(=O)C[C@H]2CCCCCC=CC3C[C@@]3(C(=O)NS(=O)(=O)C3CC3)NC(=O)[C@@H]3C[C@@H](Oc4cc(-c5ccccc5)nc5cc(OC)ccc45)CN3C2=O)CC1(C)CN. The molecule has 2 aromatic carbocycles. The molecule has 3 aliphatic heterocycles. The highest BCUT2D eigenvalue weighted by Gasteiger charge is 2.62. The van der Waals surface area contributed by atoms with E-state index >= 15 is 4.79 Å². The largest absolute Gasteiger partial charge is 0.497 e. The van der Waals surface area contributed by atoms with Crippen LogP contribution in [0.3, 0.4) is 0 Å². The van der Waals surface area contributed by atoms with Crippen LogP contribution in [0.15, 0.2) is 71.9 Å². The van der Waals surface area contributed by atoms with Crippen molar-refractivity contribution in [3.8, 4) is 22.8 Å². The zero-order valence-electron chi connectivity index (χ0n) is 36.1. The minimum Gasteiger partial charge on any atom is -0.497 e. The fourth-order valence-electron chi connectivity index (χ4n) is 9.20. The van der Waals surface area contributed by atoms with Crippen molar-refractivity contribution in [1.29, 1.82) is 0 Å². The highest BCUT2D eigenvalue weighted by molar-refractivity contribution is 7.91. The number of hydrogen-bond acceptors (Lipinski definition) is 12. The number of hydrogen-bond donors (Lipinski definition) is 3. The number of nitrogens with one attached hydrogen (secondary N) is 2. The molecule has 0 spiro atoms. The molecule has 4 fully saturated rings. The van der Waals surface area contributed by atoms with E-state index < -0.39 is 62.0 Å². The van der Waals surface area contributed by atoms with Crippen molar-refractivity contribution in [2.75, 3.05) is 40.4 Å². The molecule has 16 nitrogen and oxygen atoms in total. The van der Waals surface area contributed by atoms with Gasteiger partial charge in [0.05, 0.1) is 42.4 Å². The van der Waals surface area contributed by atoms with E-state index in [0.29, 0.717) is 72.5 Å². The Bertz CT molecular complexity index is 2430. The van der Waals surface area contributed by atoms with Gasteiger partial charge in [-0.25, -0.2) is 13.4 Å². The van der Waals surface area contributed by atoms with Crippen LogP contribution < -0.4 is 25.2 Å². The highest BCUT2D eigenvalue weighted by atomic mass is 32.2. The lowest BCUT2D eigenvalue weighted by atomic mass is 9.88. The summed E-state index contributed by atoms with van der Waals surface area (Å²) in [6, 6.07) is 15.9. The number of oxime groups is 1. The fourth-order valence-corrected chi connectivity index (χ4v) is 10.6. The molecule has 2 saturated heterocycles. The Balaban J connectivity index is 1.12. The number of nitrogens with two attached hydrogens (primary N) is 1. The van der Waals surface area contributed by atoms with Gasteiger partial charge in [-0.05, 0) is 50.7 Å². The monoisotopic (exact) mass is 883 g/mol. The molecule has 4 N–H and O–H groups in total. The molecule has 0 bridgehead atoms. The number of aromatic nitrogens is 1. The Kier molecular flexibility index (Phi) is 12.5. The van der Waals surface area contributed by atoms with Crippen LogP contribution in [0, 0.1) is 17.3 Å². The van der Waals surface area contributed by atoms with Gasteiger partial charge in [0, 0.05) is 66.3 Å². The predicted octanol–water partition coefficient (Wildman–Crippen LogP) is 4.08. The van der Waals surface area contributed by atoms with Crippen LogP contribution in [0.5, 0.6) is 11.5 Å². The molecule has 2 aliphatic carbocycles. The third kappa shape index (κ3) is 9.26. The molecule has 4 heterocycles. The summed E-state index contributed by atoms with van der Waals surface area (Å²) >= 11 is 0. The van der Waals surface area contributed by atoms with Gasteiger partial charge in [0.25, 0.3) is 5.91 Å². The Labute approximate surface area is 368 Å². The molecule has 2 unspecified atom stereocenters. The minimum atomic E-state index is -3.92. The number of carbonyl (C=O) groups is 4. The smallest absolute Gasteiger partial charge is 0.259 e. The van der Waals surface area contributed by atoms with E-state index in [1.807, 2.05) is 73.7 Å². The van der Waals surface area contributed by atoms with Crippen LogP contribution in [-0.4, -0.2) is 116 Å². The summed E-state index contributed by atoms with van der Waals surface area (Å²) in [5.41, 5.74) is 6.83. The van der Waals surface area contributed by atoms with E-state index in [-0.39, 0.29) is 50.7 Å². The number of fused-ring (bicyclic) bond motifs is 3. The summed E-state index contributed by atoms with van der Waals surface area (Å²) < 4.78 is 40.6. The number of carbonyl (C=O) groups excluding carboxylic acids is 4. The maximum absolute atomic E-state index is 15.1. The van der Waals surface area contributed by atoms with Crippen LogP contribution in [0.1, 0.15) is 71.1 Å². The summed E-state index contributed by atoms with van der Waals surface area (Å²) in [5.74, 6) is -2.09. The molecule has 2 saturated carbocycles. The van der Waals surface area contributed by atoms with E-state index in [1.165, 1.54) is 12.0 Å². The lowest BCUT2D eigenvalue weighted by Gasteiger charge is -2.30. The van der Waals surface area contributed by atoms with Crippen LogP contribution >= 0.6 is 0 Å². The number of rotatable bonds is 11. The number of ether oxygens (including phenoxy) is 2. The van der Waals surface area contributed by atoms with Gasteiger partial charge in [-0.15, -0.1) is 0 Å². The average Bonchev–Trinajstić information content (AvgIpc) is 4.19. The van der Waals surface area contributed by atoms with Crippen LogP contribution in [0.2, 0.25) is 0 Å². The summed E-state index contributed by atoms with van der Waals surface area (Å²) in [7, 11) is -0.889. The van der Waals surface area contributed by atoms with Crippen molar-refractivity contribution in [1.82, 2.24) is 24.8 Å². The maximum Gasteiger partial charge on any atom is 0.259 e. The van der Waals surface area contributed by atoms with Crippen LogP contribution in [-0.2, 0) is 34.0 Å². The average molecular weight is 884 g/mol. The first kappa shape index (κ1) is 44.1. The molecular weight excluding hydrogens is 827 g/mol. The first-order valence-electron chi connectivity index (χ1n) is 21.9. The van der Waals surface area contributed by atoms with Crippen molar-refractivity contribution < 1.29 is 41.9 Å². The van der Waals surface area contributed by atoms with Gasteiger partial charge in [-0.1, -0.05) is 67.4 Å². The molecule has 3 aromatic rings. The highest BCUT2D eigenvalue weighted by Crippen LogP contribution is 2.46. The molecule has 5 aliphatic rings. The first-order chi connectivity index (χ1) is 30.3. The van der Waals surface area contributed by atoms with Gasteiger partial charge in [0.1, 0.15) is 36.3 Å². The van der Waals surface area contributed by atoms with Gasteiger partial charge in [-0.2, -0.15) is 0 Å². The number of pyridine rings is 1. The number of benzene rings is 2. The van der Waals surface area contributed by atoms with E-state index in [2.05, 4.69) is 15.2 Å². The lowest BCUT2D eigenvalue weighted by Crippen LogP contribution is -2.57. The Morgan fingerprint density at radius 2 is 1.84 bits per heavy atom. The molecule has 1 aromatic heterocycles. The van der Waals surface area contributed by atoms with Crippen molar-refractivity contribution >= 4 is 50.3 Å². The van der Waals surface area contributed by atoms with Gasteiger partial charge in [0.2, 0.25) is 27.7 Å². The first-order valence-corrected chi connectivity index (χ1v) is 23.5. The van der Waals surface area contributed by atoms with Gasteiger partial charge in [-0.3, -0.25) is 23.9 Å². The van der Waals surface area contributed by atoms with E-state index in [0.717, 1.165) is 18.4 Å². The van der Waals surface area contributed by atoms with Crippen LogP contribution in [0.25, 0.3) is 22.2 Å². The van der Waals surface area contributed by atoms with Crippen molar-refractivity contribution in [3.63, 3.8) is 0 Å². The zero-order chi connectivity index (χ0) is 44.5. The molecular formula is C46H57N7O9S. The number of allylic oxidation sites excluding steroid dienone is 1. The zero-order valence-corrected chi connectivity index (χ0v) is 36.9. The van der Waals surface area contributed by atoms with E-state index in [9.17, 15) is 22.8 Å². The Hall–Kier alpha value is -5.55. The second-order valence-corrected chi connectivity index (χ2v) is 19.8. The Morgan fingerprint density at radius 1 is 1.05 bits per heavy atom. The minimum absolute atomic E-state index is 0.0143. The van der Waals surface area contributed by atoms with Gasteiger partial charge in [0.15, 0.2) is 0 Å². The normalized spacial score (nSPS) is 28.4. The summed E-state index contributed by atoms with van der Waals surface area (Å²) in [4.78, 5) is 71.1. The third-order valence-electron chi connectivity index (χ3n) is 13.3. The lowest BCUT2D eigenvalue weighted by molar-refractivity contribution is -0.145. The molecule has 8 rings (SSSR count). The van der Waals surface area contributed by atoms with Crippen molar-refractivity contribution in [3.05, 3.63) is 66.7 Å². The summed E-state index contributed by atoms with van der Waals surface area (Å²) in [5, 5.41) is 7.18. The van der Waals surface area contributed by atoms with Gasteiger partial charge >= 0.3 is 0 Å². The molecule has 0 radical (unpaired) electrons. The fraction of sp³-hybridized carbons (Fsp3) is 0.522. The summed E-state index contributed by atoms with van der Waals surface area (Å²) in [6.07, 6.45) is 7.64. The topological polar surface area (TPSA) is 212 Å². The second-order valence-electron chi connectivity index (χ2n) is 17.9. The quantitative estimate of drug-likeness (QED) is 0.185. The third-order valence-corrected chi connectivity index (χ3v) is 15.1. The molecule has 6 atom stereocenters. The van der Waals surface area contributed by atoms with E-state index in [1.54, 1.807) is 12.0 Å². The maximum atomic E-state index is 15.1. The number of methoxy groups -OCH3 is 1. The molecule has 17 heteroatoms. The number of amides is 4. The molecule has 63 heavy (non-hydrogen) atoms. The van der Waals surface area contributed by atoms with Crippen molar-refractivity contribution in [2.24, 2.45) is 28.1 Å². The Morgan fingerprint density at radius 3 is 2.57 bits per heavy atom. The number of sulfonamides is 1. The molecule has 336 valence electrons. The van der Waals surface area contributed by atoms with Crippen LogP contribution in [0.4, 0.5) is 0 Å². The molecule has 4 amide bonds. The standard InChI is InChI=1S/C46H57N7O9S/c1-45(27-47)28-52(26-40(45)50-61-3)41(54)20-30-14-8-5-4-6-11-15-31-24-46(31,44(57)51-63(58,59)34-17-18-34)49-42(55)38-22-33(25-53(38)43(30)56)62-39-23-36(29-12-9-7-10-13-29)48-37-21-32(60-2)16-19-35(37)39/h7,9-13,15-16,19,21,23,30-31,33-34,38H,4-6,8,14,17-18,20,22,24-28,47H2,1-3H3,(H,49,55)(H,51,57)/t30-,31?,33-,38+,45?,46-/m1/s1.